The molecule has 0 spiro atoms. The molecule has 5 heteroatoms. The van der Waals surface area contributed by atoms with Gasteiger partial charge in [0.25, 0.3) is 5.69 Å². The molecule has 1 saturated carbocycles. The number of carboxylic acid groups (broad SMARTS) is 1. The molecule has 1 aliphatic carbocycles. The van der Waals surface area contributed by atoms with E-state index in [1.54, 1.807) is 12.1 Å². The number of nitrogens with zero attached hydrogens (tertiary/aromatic N) is 1. The number of non-ortho nitro benzene ring substituents is 1. The normalized spacial score (nSPS) is 18.2. The predicted octanol–water partition coefficient (Wildman–Crippen LogP) is 2.88. The highest BCUT2D eigenvalue weighted by molar-refractivity contribution is 5.81. The van der Waals surface area contributed by atoms with Gasteiger partial charge in [-0.2, -0.15) is 0 Å². The zero-order valence-corrected chi connectivity index (χ0v) is 9.96. The molecule has 5 nitrogen and oxygen atoms in total. The zero-order valence-electron chi connectivity index (χ0n) is 9.96. The van der Waals surface area contributed by atoms with Crippen molar-refractivity contribution in [3.05, 3.63) is 39.9 Å². The maximum Gasteiger partial charge on any atom is 0.314 e. The molecule has 1 aromatic rings. The van der Waals surface area contributed by atoms with Crippen molar-refractivity contribution in [3.63, 3.8) is 0 Å². The monoisotopic (exact) mass is 249 g/mol. The number of nitro groups is 1. The van der Waals surface area contributed by atoms with Crippen LogP contribution in [-0.2, 0) is 10.2 Å². The molecule has 0 atom stereocenters. The molecule has 0 radical (unpaired) electrons. The summed E-state index contributed by atoms with van der Waals surface area (Å²) in [5.41, 5.74) is -0.424. The highest BCUT2D eigenvalue weighted by Crippen LogP contribution is 2.40. The Hall–Kier alpha value is -1.91. The van der Waals surface area contributed by atoms with E-state index in [4.69, 9.17) is 0 Å². The first-order valence-electron chi connectivity index (χ1n) is 6.04. The molecule has 0 aliphatic heterocycles. The standard InChI is InChI=1S/C13H15NO4/c15-12(16)13(7-2-1-3-8-13)10-5-4-6-11(9-10)14(17)18/h4-6,9H,1-3,7-8H2,(H,15,16). The van der Waals surface area contributed by atoms with Crippen LogP contribution >= 0.6 is 0 Å². The van der Waals surface area contributed by atoms with Gasteiger partial charge in [0.05, 0.1) is 10.3 Å². The second kappa shape index (κ2) is 4.76. The van der Waals surface area contributed by atoms with Gasteiger partial charge in [0, 0.05) is 12.1 Å². The largest absolute Gasteiger partial charge is 0.481 e. The molecule has 0 amide bonds. The van der Waals surface area contributed by atoms with Gasteiger partial charge >= 0.3 is 5.97 Å². The molecule has 1 fully saturated rings. The fourth-order valence-corrected chi connectivity index (χ4v) is 2.70. The van der Waals surface area contributed by atoms with Gasteiger partial charge in [-0.3, -0.25) is 14.9 Å². The van der Waals surface area contributed by atoms with Crippen LogP contribution in [0.2, 0.25) is 0 Å². The summed E-state index contributed by atoms with van der Waals surface area (Å²) in [5.74, 6) is -0.873. The van der Waals surface area contributed by atoms with Crippen LogP contribution < -0.4 is 0 Å². The van der Waals surface area contributed by atoms with Crippen molar-refractivity contribution < 1.29 is 14.8 Å². The Morgan fingerprint density at radius 2 is 1.94 bits per heavy atom. The fourth-order valence-electron chi connectivity index (χ4n) is 2.70. The first-order chi connectivity index (χ1) is 8.56. The molecule has 1 aliphatic rings. The van der Waals surface area contributed by atoms with Gasteiger partial charge in [-0.25, -0.2) is 0 Å². The lowest BCUT2D eigenvalue weighted by Crippen LogP contribution is -2.37. The summed E-state index contributed by atoms with van der Waals surface area (Å²) in [5, 5.41) is 20.3. The minimum atomic E-state index is -0.940. The van der Waals surface area contributed by atoms with Crippen molar-refractivity contribution in [1.29, 1.82) is 0 Å². The summed E-state index contributed by atoms with van der Waals surface area (Å²) in [6, 6.07) is 6.04. The van der Waals surface area contributed by atoms with Crippen LogP contribution in [0.1, 0.15) is 37.7 Å². The Labute approximate surface area is 105 Å². The second-order valence-electron chi connectivity index (χ2n) is 4.76. The van der Waals surface area contributed by atoms with E-state index in [1.165, 1.54) is 12.1 Å². The van der Waals surface area contributed by atoms with Crippen LogP contribution in [0.25, 0.3) is 0 Å². The maximum atomic E-state index is 11.6. The highest BCUT2D eigenvalue weighted by atomic mass is 16.6. The molecule has 96 valence electrons. The molecule has 1 N–H and O–H groups in total. The Bertz CT molecular complexity index is 478. The van der Waals surface area contributed by atoms with E-state index >= 15 is 0 Å². The lowest BCUT2D eigenvalue weighted by atomic mass is 9.69. The lowest BCUT2D eigenvalue weighted by molar-refractivity contribution is -0.385. The maximum absolute atomic E-state index is 11.6. The number of benzene rings is 1. The van der Waals surface area contributed by atoms with E-state index in [1.807, 2.05) is 0 Å². The third kappa shape index (κ3) is 2.08. The van der Waals surface area contributed by atoms with Gasteiger partial charge in [0.15, 0.2) is 0 Å². The van der Waals surface area contributed by atoms with Crippen LogP contribution in [0.4, 0.5) is 5.69 Å². The van der Waals surface area contributed by atoms with Gasteiger partial charge in [0.1, 0.15) is 0 Å². The minimum Gasteiger partial charge on any atom is -0.481 e. The van der Waals surface area contributed by atoms with Gasteiger partial charge in [-0.05, 0) is 18.4 Å². The van der Waals surface area contributed by atoms with Crippen LogP contribution in [0.5, 0.6) is 0 Å². The molecule has 0 bridgehead atoms. The van der Waals surface area contributed by atoms with Crippen LogP contribution in [0.3, 0.4) is 0 Å². The topological polar surface area (TPSA) is 80.4 Å². The van der Waals surface area contributed by atoms with Crippen molar-refractivity contribution in [3.8, 4) is 0 Å². The minimum absolute atomic E-state index is 0.0429. The number of aliphatic carboxylic acids is 1. The van der Waals surface area contributed by atoms with E-state index < -0.39 is 16.3 Å². The molecule has 1 aromatic carbocycles. The Kier molecular flexibility index (Phi) is 3.32. The third-order valence-corrected chi connectivity index (χ3v) is 3.73. The summed E-state index contributed by atoms with van der Waals surface area (Å²) in [6.45, 7) is 0. The number of carbonyl (C=O) groups is 1. The molecule has 2 rings (SSSR count). The first-order valence-corrected chi connectivity index (χ1v) is 6.04. The van der Waals surface area contributed by atoms with Gasteiger partial charge in [-0.15, -0.1) is 0 Å². The summed E-state index contributed by atoms with van der Waals surface area (Å²) in [4.78, 5) is 21.9. The lowest BCUT2D eigenvalue weighted by Gasteiger charge is -2.33. The fraction of sp³-hybridized carbons (Fsp3) is 0.462. The van der Waals surface area contributed by atoms with Crippen LogP contribution in [0, 0.1) is 10.1 Å². The first kappa shape index (κ1) is 12.5. The Morgan fingerprint density at radius 1 is 1.28 bits per heavy atom. The third-order valence-electron chi connectivity index (χ3n) is 3.73. The van der Waals surface area contributed by atoms with Crippen molar-refractivity contribution in [1.82, 2.24) is 0 Å². The smallest absolute Gasteiger partial charge is 0.314 e. The van der Waals surface area contributed by atoms with Gasteiger partial charge < -0.3 is 5.11 Å². The summed E-state index contributed by atoms with van der Waals surface area (Å²) < 4.78 is 0. The number of nitro benzene ring substituents is 1. The Balaban J connectivity index is 2.45. The van der Waals surface area contributed by atoms with Crippen molar-refractivity contribution in [2.45, 2.75) is 37.5 Å². The van der Waals surface area contributed by atoms with E-state index in [0.29, 0.717) is 18.4 Å². The number of hydrogen-bond donors (Lipinski definition) is 1. The van der Waals surface area contributed by atoms with Crippen LogP contribution in [0.15, 0.2) is 24.3 Å². The van der Waals surface area contributed by atoms with E-state index in [9.17, 15) is 20.0 Å². The summed E-state index contributed by atoms with van der Waals surface area (Å²) in [7, 11) is 0. The molecule has 18 heavy (non-hydrogen) atoms. The number of carboxylic acids is 1. The zero-order chi connectivity index (χ0) is 13.2. The molecular weight excluding hydrogens is 234 g/mol. The molecule has 0 aromatic heterocycles. The second-order valence-corrected chi connectivity index (χ2v) is 4.76. The molecule has 0 unspecified atom stereocenters. The number of hydrogen-bond acceptors (Lipinski definition) is 3. The van der Waals surface area contributed by atoms with Gasteiger partial charge in [0.2, 0.25) is 0 Å². The van der Waals surface area contributed by atoms with E-state index in [2.05, 4.69) is 0 Å². The number of rotatable bonds is 3. The van der Waals surface area contributed by atoms with Gasteiger partial charge in [-0.1, -0.05) is 31.4 Å². The molecular formula is C13H15NO4. The van der Waals surface area contributed by atoms with E-state index in [-0.39, 0.29) is 5.69 Å². The Morgan fingerprint density at radius 3 is 2.50 bits per heavy atom. The van der Waals surface area contributed by atoms with Crippen molar-refractivity contribution in [2.24, 2.45) is 0 Å². The van der Waals surface area contributed by atoms with E-state index in [0.717, 1.165) is 19.3 Å². The summed E-state index contributed by atoms with van der Waals surface area (Å²) in [6.07, 6.45) is 3.86. The average molecular weight is 249 g/mol. The molecule has 0 heterocycles. The van der Waals surface area contributed by atoms with Crippen LogP contribution in [-0.4, -0.2) is 16.0 Å². The SMILES string of the molecule is O=C(O)C1(c2cccc([N+](=O)[O-])c2)CCCCC1. The summed E-state index contributed by atoms with van der Waals surface area (Å²) >= 11 is 0. The quantitative estimate of drug-likeness (QED) is 0.659. The average Bonchev–Trinajstić information content (AvgIpc) is 2.39. The van der Waals surface area contributed by atoms with Crippen molar-refractivity contribution in [2.75, 3.05) is 0 Å². The van der Waals surface area contributed by atoms with Crippen molar-refractivity contribution >= 4 is 11.7 Å². The molecule has 0 saturated heterocycles. The predicted molar refractivity (Wildman–Crippen MR) is 65.5 cm³/mol. The highest BCUT2D eigenvalue weighted by Gasteiger charge is 2.41.